The van der Waals surface area contributed by atoms with Gasteiger partial charge in [0.05, 0.1) is 23.1 Å². The molecule has 3 aromatic carbocycles. The number of H-pyrrole nitrogens is 1. The Hall–Kier alpha value is -3.31. The summed E-state index contributed by atoms with van der Waals surface area (Å²) in [6.07, 6.45) is 1.36. The van der Waals surface area contributed by atoms with Crippen molar-refractivity contribution in [1.82, 2.24) is 15.5 Å². The summed E-state index contributed by atoms with van der Waals surface area (Å²) >= 11 is 6.12. The first-order valence-corrected chi connectivity index (χ1v) is 9.38. The number of aromatic amines is 1. The monoisotopic (exact) mass is 388 g/mol. The molecule has 1 amide bonds. The van der Waals surface area contributed by atoms with Crippen LogP contribution in [0.3, 0.4) is 0 Å². The van der Waals surface area contributed by atoms with Crippen LogP contribution < -0.4 is 10.6 Å². The highest BCUT2D eigenvalue weighted by molar-refractivity contribution is 6.31. The van der Waals surface area contributed by atoms with Gasteiger partial charge < -0.3 is 10.6 Å². The van der Waals surface area contributed by atoms with Crippen LogP contribution in [0.1, 0.15) is 27.7 Å². The van der Waals surface area contributed by atoms with E-state index in [4.69, 9.17) is 11.6 Å². The van der Waals surface area contributed by atoms with E-state index < -0.39 is 6.17 Å². The van der Waals surface area contributed by atoms with Crippen molar-refractivity contribution >= 4 is 34.0 Å². The number of hydrogen-bond donors (Lipinski definition) is 3. The number of aromatic nitrogens is 2. The van der Waals surface area contributed by atoms with Crippen molar-refractivity contribution in [2.24, 2.45) is 0 Å². The van der Waals surface area contributed by atoms with Gasteiger partial charge in [0.15, 0.2) is 0 Å². The van der Waals surface area contributed by atoms with Crippen LogP contribution in [0.2, 0.25) is 5.02 Å². The summed E-state index contributed by atoms with van der Waals surface area (Å²) in [6.45, 7) is 1.94. The molecule has 0 spiro atoms. The second-order valence-corrected chi connectivity index (χ2v) is 7.36. The number of anilines is 1. The molecule has 6 heteroatoms. The van der Waals surface area contributed by atoms with Crippen molar-refractivity contribution in [3.8, 4) is 11.3 Å². The quantitative estimate of drug-likeness (QED) is 0.450. The molecule has 1 aliphatic rings. The zero-order chi connectivity index (χ0) is 19.3. The number of fused-ring (bicyclic) bond motifs is 2. The lowest BCUT2D eigenvalue weighted by Crippen LogP contribution is -2.38. The Balaban J connectivity index is 1.61. The van der Waals surface area contributed by atoms with E-state index in [1.165, 1.54) is 0 Å². The van der Waals surface area contributed by atoms with Gasteiger partial charge in [0.25, 0.3) is 5.91 Å². The Labute approximate surface area is 166 Å². The topological polar surface area (TPSA) is 69.8 Å². The number of aryl methyl sites for hydroxylation is 1. The number of nitrogens with zero attached hydrogens (tertiary/aromatic N) is 1. The van der Waals surface area contributed by atoms with Crippen LogP contribution in [0.15, 0.2) is 60.8 Å². The van der Waals surface area contributed by atoms with Crippen molar-refractivity contribution < 1.29 is 4.79 Å². The van der Waals surface area contributed by atoms with Crippen LogP contribution in [0, 0.1) is 6.92 Å². The van der Waals surface area contributed by atoms with Gasteiger partial charge in [-0.2, -0.15) is 5.10 Å². The number of hydrogen-bond acceptors (Lipinski definition) is 3. The fourth-order valence-corrected chi connectivity index (χ4v) is 4.10. The Kier molecular flexibility index (Phi) is 3.84. The lowest BCUT2D eigenvalue weighted by molar-refractivity contribution is 0.0935. The lowest BCUT2D eigenvalue weighted by atomic mass is 9.97. The molecule has 0 aliphatic carbocycles. The molecule has 0 saturated heterocycles. The molecule has 5 rings (SSSR count). The number of nitrogens with one attached hydrogen (secondary N) is 3. The first-order chi connectivity index (χ1) is 13.6. The lowest BCUT2D eigenvalue weighted by Gasteiger charge is -2.29. The first kappa shape index (κ1) is 16.8. The van der Waals surface area contributed by atoms with Crippen molar-refractivity contribution in [3.63, 3.8) is 0 Å². The average Bonchev–Trinajstić information content (AvgIpc) is 3.18. The minimum absolute atomic E-state index is 0.158. The molecular formula is C22H17ClN4O. The fourth-order valence-electron chi connectivity index (χ4n) is 3.83. The highest BCUT2D eigenvalue weighted by Crippen LogP contribution is 2.36. The van der Waals surface area contributed by atoms with Crippen LogP contribution in [0.25, 0.3) is 22.0 Å². The maximum Gasteiger partial charge on any atom is 0.255 e. The summed E-state index contributed by atoms with van der Waals surface area (Å²) < 4.78 is 0. The van der Waals surface area contributed by atoms with Crippen molar-refractivity contribution in [2.45, 2.75) is 13.1 Å². The fraction of sp³-hybridized carbons (Fsp3) is 0.0909. The third kappa shape index (κ3) is 2.63. The second kappa shape index (κ2) is 6.39. The molecule has 28 heavy (non-hydrogen) atoms. The molecule has 4 aromatic rings. The number of benzene rings is 3. The predicted octanol–water partition coefficient (Wildman–Crippen LogP) is 5.05. The third-order valence-electron chi connectivity index (χ3n) is 5.15. The van der Waals surface area contributed by atoms with Crippen molar-refractivity contribution in [2.75, 3.05) is 5.32 Å². The minimum atomic E-state index is -0.396. The molecule has 1 aromatic heterocycles. The summed E-state index contributed by atoms with van der Waals surface area (Å²) in [4.78, 5) is 12.7. The van der Waals surface area contributed by atoms with Crippen LogP contribution >= 0.6 is 11.6 Å². The van der Waals surface area contributed by atoms with Crippen LogP contribution in [-0.4, -0.2) is 16.1 Å². The van der Waals surface area contributed by atoms with Crippen molar-refractivity contribution in [1.29, 1.82) is 0 Å². The molecule has 1 atom stereocenters. The highest BCUT2D eigenvalue weighted by Gasteiger charge is 2.29. The molecule has 3 N–H and O–H groups in total. The maximum absolute atomic E-state index is 12.7. The number of carbonyl (C=O) groups is 1. The highest BCUT2D eigenvalue weighted by atomic mass is 35.5. The summed E-state index contributed by atoms with van der Waals surface area (Å²) in [7, 11) is 0. The van der Waals surface area contributed by atoms with Crippen LogP contribution in [-0.2, 0) is 0 Å². The zero-order valence-electron chi connectivity index (χ0n) is 15.1. The Bertz CT molecular complexity index is 1230. The molecule has 0 bridgehead atoms. The average molecular weight is 389 g/mol. The van der Waals surface area contributed by atoms with E-state index in [9.17, 15) is 4.79 Å². The van der Waals surface area contributed by atoms with Crippen LogP contribution in [0.4, 0.5) is 5.69 Å². The molecule has 2 heterocycles. The van der Waals surface area contributed by atoms with Crippen LogP contribution in [0.5, 0.6) is 0 Å². The van der Waals surface area contributed by atoms with Crippen molar-refractivity contribution in [3.05, 3.63) is 82.5 Å². The maximum atomic E-state index is 12.7. The molecular weight excluding hydrogens is 372 g/mol. The van der Waals surface area contributed by atoms with E-state index in [2.05, 4.69) is 45.1 Å². The summed E-state index contributed by atoms with van der Waals surface area (Å²) in [5.74, 6) is -0.158. The van der Waals surface area contributed by atoms with Gasteiger partial charge in [-0.25, -0.2) is 0 Å². The van der Waals surface area contributed by atoms with E-state index in [1.54, 1.807) is 12.3 Å². The number of carbonyl (C=O) groups excluding carboxylic acids is 1. The van der Waals surface area contributed by atoms with Gasteiger partial charge in [-0.3, -0.25) is 9.89 Å². The number of rotatable bonds is 2. The standard InChI is InChI=1S/C22H17ClN4O/c1-12-9-14(23)10-17-19(12)25-21(26-22(17)28)18-11-24-27-20(18)16-8-4-6-13-5-2-3-7-15(13)16/h2-11,21,25H,1H3,(H,24,27)(H,26,28). The van der Waals surface area contributed by atoms with Gasteiger partial charge in [-0.15, -0.1) is 0 Å². The van der Waals surface area contributed by atoms with Gasteiger partial charge >= 0.3 is 0 Å². The SMILES string of the molecule is Cc1cc(Cl)cc2c1NC(c1cn[nH]c1-c1cccc3ccccc13)NC2=O. The minimum Gasteiger partial charge on any atom is -0.361 e. The van der Waals surface area contributed by atoms with E-state index in [1.807, 2.05) is 31.2 Å². The molecule has 138 valence electrons. The molecule has 1 unspecified atom stereocenters. The van der Waals surface area contributed by atoms with Gasteiger partial charge in [0.1, 0.15) is 6.17 Å². The van der Waals surface area contributed by atoms with E-state index in [0.717, 1.165) is 38.8 Å². The van der Waals surface area contributed by atoms with Gasteiger partial charge in [0, 0.05) is 16.1 Å². The first-order valence-electron chi connectivity index (χ1n) is 9.01. The Morgan fingerprint density at radius 2 is 1.82 bits per heavy atom. The predicted molar refractivity (Wildman–Crippen MR) is 112 cm³/mol. The molecule has 0 saturated carbocycles. The van der Waals surface area contributed by atoms with Gasteiger partial charge in [-0.1, -0.05) is 54.1 Å². The smallest absolute Gasteiger partial charge is 0.255 e. The van der Waals surface area contributed by atoms with E-state index in [-0.39, 0.29) is 5.91 Å². The third-order valence-corrected chi connectivity index (χ3v) is 5.37. The molecule has 5 nitrogen and oxygen atoms in total. The number of amides is 1. The molecule has 1 aliphatic heterocycles. The summed E-state index contributed by atoms with van der Waals surface area (Å²) in [6, 6.07) is 17.9. The normalized spacial score (nSPS) is 15.8. The second-order valence-electron chi connectivity index (χ2n) is 6.92. The number of halogens is 1. The largest absolute Gasteiger partial charge is 0.361 e. The van der Waals surface area contributed by atoms with Gasteiger partial charge in [0.2, 0.25) is 0 Å². The van der Waals surface area contributed by atoms with Gasteiger partial charge in [-0.05, 0) is 35.4 Å². The molecule has 0 fully saturated rings. The zero-order valence-corrected chi connectivity index (χ0v) is 15.8. The Morgan fingerprint density at radius 1 is 1.00 bits per heavy atom. The van der Waals surface area contributed by atoms with E-state index in [0.29, 0.717) is 10.6 Å². The summed E-state index contributed by atoms with van der Waals surface area (Å²) in [5, 5.41) is 16.6. The molecule has 0 radical (unpaired) electrons. The van der Waals surface area contributed by atoms with E-state index >= 15 is 0 Å². The Morgan fingerprint density at radius 3 is 2.71 bits per heavy atom. The summed E-state index contributed by atoms with van der Waals surface area (Å²) in [5.41, 5.74) is 5.08.